The van der Waals surface area contributed by atoms with Crippen LogP contribution in [0.25, 0.3) is 5.76 Å². The Morgan fingerprint density at radius 2 is 1.88 bits per heavy atom. The predicted molar refractivity (Wildman–Crippen MR) is 95.9 cm³/mol. The van der Waals surface area contributed by atoms with Gasteiger partial charge in [-0.3, -0.25) is 10.1 Å². The number of nitro groups is 1. The highest BCUT2D eigenvalue weighted by molar-refractivity contribution is 5.70. The van der Waals surface area contributed by atoms with Crippen molar-refractivity contribution in [1.82, 2.24) is 0 Å². The Bertz CT molecular complexity index is 884. The number of nitro benzene ring substituents is 1. The Hall–Kier alpha value is -3.17. The van der Waals surface area contributed by atoms with Crippen molar-refractivity contribution in [3.05, 3.63) is 81.4 Å². The van der Waals surface area contributed by atoms with Gasteiger partial charge in [0, 0.05) is 44.1 Å². The molecule has 0 saturated carbocycles. The zero-order chi connectivity index (χ0) is 18.7. The van der Waals surface area contributed by atoms with E-state index in [1.165, 1.54) is 12.1 Å². The first-order chi connectivity index (χ1) is 12.5. The fraction of sp³-hybridized carbons (Fsp3) is 0.250. The third kappa shape index (κ3) is 3.30. The van der Waals surface area contributed by atoms with Crippen LogP contribution in [0.5, 0.6) is 0 Å². The van der Waals surface area contributed by atoms with Crippen LogP contribution in [-0.4, -0.2) is 17.8 Å². The summed E-state index contributed by atoms with van der Waals surface area (Å²) in [5, 5.41) is 20.7. The summed E-state index contributed by atoms with van der Waals surface area (Å²) in [7, 11) is 1.56. The summed E-state index contributed by atoms with van der Waals surface area (Å²) in [6.45, 7) is 1.82. The van der Waals surface area contributed by atoms with Crippen LogP contribution in [-0.2, 0) is 9.47 Å². The van der Waals surface area contributed by atoms with Gasteiger partial charge < -0.3 is 9.47 Å². The smallest absolute Gasteiger partial charge is 0.269 e. The van der Waals surface area contributed by atoms with Crippen molar-refractivity contribution < 1.29 is 14.4 Å². The molecule has 2 aromatic carbocycles. The molecule has 0 aromatic heterocycles. The van der Waals surface area contributed by atoms with E-state index in [1.807, 2.05) is 37.3 Å². The molecule has 26 heavy (non-hydrogen) atoms. The third-order valence-corrected chi connectivity index (χ3v) is 4.58. The van der Waals surface area contributed by atoms with E-state index in [-0.39, 0.29) is 11.6 Å². The molecule has 0 aliphatic carbocycles. The van der Waals surface area contributed by atoms with Gasteiger partial charge in [-0.05, 0) is 5.56 Å². The van der Waals surface area contributed by atoms with Crippen LogP contribution in [0.1, 0.15) is 30.4 Å². The molecule has 0 bridgehead atoms. The lowest BCUT2D eigenvalue weighted by Crippen LogP contribution is -2.37. The fourth-order valence-electron chi connectivity index (χ4n) is 3.11. The van der Waals surface area contributed by atoms with E-state index in [2.05, 4.69) is 6.07 Å². The average molecular weight is 350 g/mol. The quantitative estimate of drug-likeness (QED) is 0.603. The highest BCUT2D eigenvalue weighted by Gasteiger charge is 2.40. The van der Waals surface area contributed by atoms with Crippen molar-refractivity contribution >= 4 is 11.4 Å². The minimum absolute atomic E-state index is 0.0149. The monoisotopic (exact) mass is 350 g/mol. The second-order valence-corrected chi connectivity index (χ2v) is 6.27. The van der Waals surface area contributed by atoms with Gasteiger partial charge in [-0.2, -0.15) is 5.26 Å². The number of nitrogens with zero attached hydrogens (tertiary/aromatic N) is 2. The highest BCUT2D eigenvalue weighted by atomic mass is 16.7. The van der Waals surface area contributed by atoms with Crippen molar-refractivity contribution in [3.8, 4) is 6.07 Å². The minimum Gasteiger partial charge on any atom is -0.461 e. The summed E-state index contributed by atoms with van der Waals surface area (Å²) in [5.74, 6) is -0.709. The van der Waals surface area contributed by atoms with Gasteiger partial charge in [-0.1, -0.05) is 42.5 Å². The molecule has 0 radical (unpaired) electrons. The summed E-state index contributed by atoms with van der Waals surface area (Å²) in [4.78, 5) is 10.5. The van der Waals surface area contributed by atoms with E-state index >= 15 is 0 Å². The summed E-state index contributed by atoms with van der Waals surface area (Å²) >= 11 is 0. The van der Waals surface area contributed by atoms with Crippen LogP contribution in [0.3, 0.4) is 0 Å². The molecule has 0 fully saturated rings. The summed E-state index contributed by atoms with van der Waals surface area (Å²) < 4.78 is 11.6. The van der Waals surface area contributed by atoms with Crippen LogP contribution in [0.15, 0.2) is 60.2 Å². The van der Waals surface area contributed by atoms with E-state index in [0.717, 1.165) is 11.1 Å². The molecule has 0 amide bonds. The predicted octanol–water partition coefficient (Wildman–Crippen LogP) is 4.40. The maximum Gasteiger partial charge on any atom is 0.269 e. The number of nitriles is 1. The van der Waals surface area contributed by atoms with Crippen LogP contribution in [0.4, 0.5) is 5.69 Å². The maximum absolute atomic E-state index is 10.9. The molecule has 6 nitrogen and oxygen atoms in total. The number of non-ortho nitro benzene ring substituents is 1. The topological polar surface area (TPSA) is 85.4 Å². The summed E-state index contributed by atoms with van der Waals surface area (Å²) in [5.41, 5.74) is 2.10. The molecule has 132 valence electrons. The molecule has 1 aliphatic heterocycles. The lowest BCUT2D eigenvalue weighted by Gasteiger charge is -2.38. The van der Waals surface area contributed by atoms with Gasteiger partial charge in [0.25, 0.3) is 5.69 Å². The van der Waals surface area contributed by atoms with Crippen molar-refractivity contribution in [1.29, 1.82) is 5.26 Å². The lowest BCUT2D eigenvalue weighted by atomic mass is 9.82. The SMILES string of the molecule is CO[C@]1(C)C[C@H](c2ccc([N+](=O)[O-])cc2)C(C#N)=C(c2ccccc2)O1. The first kappa shape index (κ1) is 17.6. The van der Waals surface area contributed by atoms with Gasteiger partial charge in [-0.15, -0.1) is 0 Å². The summed E-state index contributed by atoms with van der Waals surface area (Å²) in [6, 6.07) is 17.9. The normalized spacial score (nSPS) is 22.4. The standard InChI is InChI=1S/C20H18N2O4/c1-20(25-2)12-17(14-8-10-16(11-9-14)22(23)24)18(13-21)19(26-20)15-6-4-3-5-7-15/h3-11,17H,12H2,1-2H3/t17-,20+/m1/s1. The second-order valence-electron chi connectivity index (χ2n) is 6.27. The van der Waals surface area contributed by atoms with E-state index in [1.54, 1.807) is 19.2 Å². The first-order valence-corrected chi connectivity index (χ1v) is 8.15. The Kier molecular flexibility index (Phi) is 4.74. The minimum atomic E-state index is -0.905. The van der Waals surface area contributed by atoms with Gasteiger partial charge in [0.1, 0.15) is 5.76 Å². The zero-order valence-electron chi connectivity index (χ0n) is 14.5. The Labute approximate surface area is 151 Å². The van der Waals surface area contributed by atoms with E-state index in [0.29, 0.717) is 17.8 Å². The molecule has 0 saturated heterocycles. The number of benzene rings is 2. The first-order valence-electron chi connectivity index (χ1n) is 8.15. The van der Waals surface area contributed by atoms with Gasteiger partial charge >= 0.3 is 0 Å². The number of allylic oxidation sites excluding steroid dienone is 1. The number of ether oxygens (including phenoxy) is 2. The zero-order valence-corrected chi connectivity index (χ0v) is 14.5. The molecule has 0 spiro atoms. The van der Waals surface area contributed by atoms with Gasteiger partial charge in [0.15, 0.2) is 0 Å². The molecule has 1 heterocycles. The maximum atomic E-state index is 10.9. The van der Waals surface area contributed by atoms with Gasteiger partial charge in [0.2, 0.25) is 5.79 Å². The Balaban J connectivity index is 2.12. The Morgan fingerprint density at radius 3 is 2.42 bits per heavy atom. The van der Waals surface area contributed by atoms with E-state index < -0.39 is 10.7 Å². The van der Waals surface area contributed by atoms with Crippen molar-refractivity contribution in [2.24, 2.45) is 0 Å². The molecule has 3 rings (SSSR count). The molecule has 2 aromatic rings. The van der Waals surface area contributed by atoms with Crippen LogP contribution >= 0.6 is 0 Å². The second kappa shape index (κ2) is 6.98. The van der Waals surface area contributed by atoms with Crippen molar-refractivity contribution in [3.63, 3.8) is 0 Å². The van der Waals surface area contributed by atoms with E-state index in [4.69, 9.17) is 9.47 Å². The number of hydrogen-bond acceptors (Lipinski definition) is 5. The van der Waals surface area contributed by atoms with Gasteiger partial charge in [-0.25, -0.2) is 0 Å². The molecule has 0 N–H and O–H groups in total. The van der Waals surface area contributed by atoms with E-state index in [9.17, 15) is 15.4 Å². The molecule has 6 heteroatoms. The largest absolute Gasteiger partial charge is 0.461 e. The highest BCUT2D eigenvalue weighted by Crippen LogP contribution is 2.45. The van der Waals surface area contributed by atoms with Crippen molar-refractivity contribution in [2.45, 2.75) is 25.0 Å². The third-order valence-electron chi connectivity index (χ3n) is 4.58. The number of hydrogen-bond donors (Lipinski definition) is 0. The number of methoxy groups -OCH3 is 1. The Morgan fingerprint density at radius 1 is 1.23 bits per heavy atom. The molecule has 1 aliphatic rings. The molecular formula is C20H18N2O4. The van der Waals surface area contributed by atoms with Gasteiger partial charge in [0.05, 0.1) is 16.6 Å². The molecule has 2 atom stereocenters. The van der Waals surface area contributed by atoms with Crippen LogP contribution in [0, 0.1) is 21.4 Å². The summed E-state index contributed by atoms with van der Waals surface area (Å²) in [6.07, 6.45) is 0.431. The lowest BCUT2D eigenvalue weighted by molar-refractivity contribution is -0.384. The number of rotatable bonds is 4. The van der Waals surface area contributed by atoms with Crippen molar-refractivity contribution in [2.75, 3.05) is 7.11 Å². The fourth-order valence-corrected chi connectivity index (χ4v) is 3.11. The molecular weight excluding hydrogens is 332 g/mol. The molecule has 0 unspecified atom stereocenters. The van der Waals surface area contributed by atoms with Crippen LogP contribution < -0.4 is 0 Å². The average Bonchev–Trinajstić information content (AvgIpc) is 2.68. The van der Waals surface area contributed by atoms with Crippen LogP contribution in [0.2, 0.25) is 0 Å².